The summed E-state index contributed by atoms with van der Waals surface area (Å²) in [5, 5.41) is 68.7. The fourth-order valence-corrected chi connectivity index (χ4v) is 7.46. The van der Waals surface area contributed by atoms with Gasteiger partial charge >= 0.3 is 0 Å². The van der Waals surface area contributed by atoms with Gasteiger partial charge in [-0.2, -0.15) is 0 Å². The van der Waals surface area contributed by atoms with Crippen LogP contribution in [0.25, 0.3) is 33.4 Å². The molecule has 2 radical (unpaired) electrons. The van der Waals surface area contributed by atoms with E-state index in [0.717, 1.165) is 22.3 Å². The summed E-state index contributed by atoms with van der Waals surface area (Å²) >= 11 is 6.73. The highest BCUT2D eigenvalue weighted by atomic mass is 35.5. The average molecular weight is 667 g/mol. The summed E-state index contributed by atoms with van der Waals surface area (Å²) in [6.07, 6.45) is 0. The molecule has 242 valence electrons. The molecule has 1 aliphatic rings. The molecule has 0 saturated carbocycles. The Morgan fingerprint density at radius 2 is 1.08 bits per heavy atom. The zero-order chi connectivity index (χ0) is 35.0. The zero-order valence-corrected chi connectivity index (χ0v) is 27.7. The maximum Gasteiger partial charge on any atom is 0.200 e. The van der Waals surface area contributed by atoms with Crippen LogP contribution in [0.5, 0.6) is 34.5 Å². The van der Waals surface area contributed by atoms with Gasteiger partial charge in [-0.05, 0) is 62.0 Å². The third-order valence-corrected chi connectivity index (χ3v) is 9.85. The standard InChI is InChI=1S/C41H32BClO6/c1-40(2,3)22-16-14-21(15-17-22)28-32-29(35(45)30(34(28)44)31-36(46)33(42)38(48)39(49)37(31)47)26-19-18-25(43)20-27(26)41(32,23-10-6-4-7-11-23)24-12-8-5-9-13-24/h4-20,44-49H,1-3H3. The fraction of sp³-hybridized carbons (Fsp3) is 0.122. The second-order valence-corrected chi connectivity index (χ2v) is 13.8. The van der Waals surface area contributed by atoms with E-state index in [0.29, 0.717) is 32.8 Å². The molecule has 0 atom stereocenters. The first-order valence-corrected chi connectivity index (χ1v) is 16.1. The molecule has 0 unspecified atom stereocenters. The number of hydrogen-bond acceptors (Lipinski definition) is 6. The molecule has 8 heteroatoms. The molecule has 6 nitrogen and oxygen atoms in total. The van der Waals surface area contributed by atoms with Crippen LogP contribution in [0, 0.1) is 0 Å². The number of rotatable bonds is 4. The molecular weight excluding hydrogens is 635 g/mol. The summed E-state index contributed by atoms with van der Waals surface area (Å²) in [6, 6.07) is 32.5. The molecule has 0 fully saturated rings. The second-order valence-electron chi connectivity index (χ2n) is 13.4. The number of phenolic OH excluding ortho intramolecular Hbond substituents is 6. The van der Waals surface area contributed by atoms with Gasteiger partial charge in [-0.25, -0.2) is 0 Å². The Labute approximate surface area is 290 Å². The Morgan fingerprint density at radius 1 is 0.551 bits per heavy atom. The molecule has 6 aromatic rings. The first kappa shape index (κ1) is 32.0. The molecular formula is C41H32BClO6. The van der Waals surface area contributed by atoms with Crippen LogP contribution in [0.2, 0.25) is 5.02 Å². The van der Waals surface area contributed by atoms with Crippen LogP contribution in [0.15, 0.2) is 103 Å². The molecule has 0 saturated heterocycles. The van der Waals surface area contributed by atoms with E-state index in [4.69, 9.17) is 19.4 Å². The van der Waals surface area contributed by atoms with Crippen LogP contribution in [-0.4, -0.2) is 38.5 Å². The van der Waals surface area contributed by atoms with Crippen LogP contribution in [0.4, 0.5) is 0 Å². The molecule has 7 rings (SSSR count). The highest BCUT2D eigenvalue weighted by Crippen LogP contribution is 2.66. The van der Waals surface area contributed by atoms with Gasteiger partial charge in [0.05, 0.1) is 16.5 Å². The van der Waals surface area contributed by atoms with Crippen LogP contribution >= 0.6 is 11.6 Å². The van der Waals surface area contributed by atoms with Gasteiger partial charge in [0.1, 0.15) is 25.1 Å². The van der Waals surface area contributed by atoms with E-state index in [1.165, 1.54) is 0 Å². The topological polar surface area (TPSA) is 121 Å². The Bertz CT molecular complexity index is 2210. The van der Waals surface area contributed by atoms with Crippen molar-refractivity contribution >= 4 is 24.9 Å². The third-order valence-electron chi connectivity index (χ3n) is 9.61. The molecule has 49 heavy (non-hydrogen) atoms. The Kier molecular flexibility index (Phi) is 7.38. The summed E-state index contributed by atoms with van der Waals surface area (Å²) in [6.45, 7) is 6.29. The van der Waals surface area contributed by atoms with Crippen LogP contribution in [0.3, 0.4) is 0 Å². The summed E-state index contributed by atoms with van der Waals surface area (Å²) in [4.78, 5) is 0. The van der Waals surface area contributed by atoms with Crippen molar-refractivity contribution in [2.45, 2.75) is 31.6 Å². The SMILES string of the molecule is [B]c1c(O)c(O)c(O)c(-c2c(O)c(-c3ccc(C(C)(C)C)cc3)c3c(c2O)-c2ccc(Cl)cc2C3(c2ccccc2)c2ccccc2)c1O. The summed E-state index contributed by atoms with van der Waals surface area (Å²) in [5.74, 6) is -4.76. The smallest absolute Gasteiger partial charge is 0.200 e. The van der Waals surface area contributed by atoms with Gasteiger partial charge in [-0.15, -0.1) is 0 Å². The lowest BCUT2D eigenvalue weighted by molar-refractivity contribution is 0.365. The summed E-state index contributed by atoms with van der Waals surface area (Å²) < 4.78 is 0. The molecule has 0 aliphatic heterocycles. The van der Waals surface area contributed by atoms with Crippen molar-refractivity contribution in [3.8, 4) is 67.9 Å². The molecule has 0 aromatic heterocycles. The molecule has 0 heterocycles. The number of fused-ring (bicyclic) bond motifs is 3. The average Bonchev–Trinajstić information content (AvgIpc) is 3.39. The van der Waals surface area contributed by atoms with Crippen LogP contribution in [-0.2, 0) is 10.8 Å². The van der Waals surface area contributed by atoms with Crippen LogP contribution in [0.1, 0.15) is 48.6 Å². The van der Waals surface area contributed by atoms with E-state index < -0.39 is 50.9 Å². The minimum atomic E-state index is -1.14. The zero-order valence-electron chi connectivity index (χ0n) is 27.0. The van der Waals surface area contributed by atoms with Crippen LogP contribution < -0.4 is 5.46 Å². The Balaban J connectivity index is 1.75. The first-order valence-electron chi connectivity index (χ1n) is 15.7. The van der Waals surface area contributed by atoms with E-state index in [1.807, 2.05) is 91.0 Å². The molecule has 6 N–H and O–H groups in total. The maximum absolute atomic E-state index is 12.5. The highest BCUT2D eigenvalue weighted by Gasteiger charge is 2.51. The Morgan fingerprint density at radius 3 is 1.63 bits per heavy atom. The lowest BCUT2D eigenvalue weighted by Gasteiger charge is -2.36. The van der Waals surface area contributed by atoms with E-state index in [-0.39, 0.29) is 11.0 Å². The Hall–Kier alpha value is -5.53. The van der Waals surface area contributed by atoms with Gasteiger partial charge in [0, 0.05) is 16.1 Å². The lowest BCUT2D eigenvalue weighted by atomic mass is 9.65. The van der Waals surface area contributed by atoms with Gasteiger partial charge in [-0.1, -0.05) is 123 Å². The van der Waals surface area contributed by atoms with E-state index in [2.05, 4.69) is 20.8 Å². The minimum absolute atomic E-state index is 0.174. The minimum Gasteiger partial charge on any atom is -0.508 e. The van der Waals surface area contributed by atoms with Crippen molar-refractivity contribution in [2.24, 2.45) is 0 Å². The predicted molar refractivity (Wildman–Crippen MR) is 194 cm³/mol. The van der Waals surface area contributed by atoms with Gasteiger partial charge in [0.15, 0.2) is 11.5 Å². The number of benzene rings is 6. The number of aromatic hydroxyl groups is 6. The van der Waals surface area contributed by atoms with Gasteiger partial charge in [0.25, 0.3) is 0 Å². The third kappa shape index (κ3) is 4.56. The molecule has 0 bridgehead atoms. The monoisotopic (exact) mass is 666 g/mol. The number of halogens is 1. The largest absolute Gasteiger partial charge is 0.508 e. The van der Waals surface area contributed by atoms with Gasteiger partial charge in [-0.3, -0.25) is 0 Å². The predicted octanol–water partition coefficient (Wildman–Crippen LogP) is 8.36. The quantitative estimate of drug-likeness (QED) is 0.0638. The van der Waals surface area contributed by atoms with Crippen molar-refractivity contribution in [2.75, 3.05) is 0 Å². The van der Waals surface area contributed by atoms with Crippen molar-refractivity contribution < 1.29 is 30.6 Å². The van der Waals surface area contributed by atoms with Crippen molar-refractivity contribution in [3.05, 3.63) is 136 Å². The van der Waals surface area contributed by atoms with Crippen molar-refractivity contribution in [1.29, 1.82) is 0 Å². The summed E-state index contributed by atoms with van der Waals surface area (Å²) in [7, 11) is 5.95. The van der Waals surface area contributed by atoms with Gasteiger partial charge in [0.2, 0.25) is 5.75 Å². The molecule has 6 aromatic carbocycles. The normalized spacial score (nSPS) is 13.2. The lowest BCUT2D eigenvalue weighted by Crippen LogP contribution is -2.29. The first-order chi connectivity index (χ1) is 23.3. The highest BCUT2D eigenvalue weighted by molar-refractivity contribution is 6.37. The van der Waals surface area contributed by atoms with Crippen molar-refractivity contribution in [3.63, 3.8) is 0 Å². The van der Waals surface area contributed by atoms with E-state index in [9.17, 15) is 30.6 Å². The number of hydrogen-bond donors (Lipinski definition) is 6. The maximum atomic E-state index is 12.5. The van der Waals surface area contributed by atoms with E-state index in [1.54, 1.807) is 12.1 Å². The molecule has 0 spiro atoms. The fourth-order valence-electron chi connectivity index (χ4n) is 7.29. The summed E-state index contributed by atoms with van der Waals surface area (Å²) in [5.41, 5.74) is 2.87. The molecule has 0 amide bonds. The van der Waals surface area contributed by atoms with E-state index >= 15 is 0 Å². The number of phenols is 6. The van der Waals surface area contributed by atoms with Crippen molar-refractivity contribution in [1.82, 2.24) is 0 Å². The second kappa shape index (κ2) is 11.3. The molecule has 1 aliphatic carbocycles. The van der Waals surface area contributed by atoms with Gasteiger partial charge < -0.3 is 30.6 Å².